The van der Waals surface area contributed by atoms with E-state index in [1.807, 2.05) is 13.0 Å². The van der Waals surface area contributed by atoms with E-state index in [1.165, 1.54) is 18.4 Å². The maximum Gasteiger partial charge on any atom is 0.290 e. The molecule has 130 valence electrons. The summed E-state index contributed by atoms with van der Waals surface area (Å²) in [4.78, 5) is 15.1. The monoisotopic (exact) mass is 366 g/mol. The summed E-state index contributed by atoms with van der Waals surface area (Å²) in [7, 11) is 0. The number of amides is 1. The number of piperidine rings is 1. The third-order valence-corrected chi connectivity index (χ3v) is 6.10. The number of hydrogen-bond acceptors (Lipinski definition) is 4. The molecule has 1 N–H and O–H groups in total. The smallest absolute Gasteiger partial charge is 0.290 e. The molecule has 1 amide bonds. The molecule has 2 aromatic heterocycles. The fourth-order valence-electron chi connectivity index (χ4n) is 3.85. The van der Waals surface area contributed by atoms with Gasteiger partial charge in [0.2, 0.25) is 0 Å². The van der Waals surface area contributed by atoms with Gasteiger partial charge in [-0.15, -0.1) is 12.4 Å². The highest BCUT2D eigenvalue weighted by Gasteiger charge is 2.58. The van der Waals surface area contributed by atoms with Crippen LogP contribution in [0.1, 0.15) is 40.9 Å². The van der Waals surface area contributed by atoms with Gasteiger partial charge in [0, 0.05) is 18.2 Å². The number of aryl methyl sites for hydroxylation is 1. The molecule has 0 radical (unpaired) electrons. The predicted molar refractivity (Wildman–Crippen MR) is 97.8 cm³/mol. The van der Waals surface area contributed by atoms with Crippen LogP contribution in [-0.2, 0) is 6.54 Å². The van der Waals surface area contributed by atoms with E-state index in [2.05, 4.69) is 27.0 Å². The molecule has 0 bridgehead atoms. The minimum absolute atomic E-state index is 0. The fraction of sp³-hybridized carbons (Fsp3) is 0.500. The lowest BCUT2D eigenvalue weighted by atomic mass is 9.93. The number of furan rings is 1. The SMILES string of the molecule is Cc1ccoc1C(=O)N(Cc1ccsc1)C1CC12CCNCC2.Cl. The molecule has 2 aliphatic rings. The molecule has 1 unspecified atom stereocenters. The normalized spacial score (nSPS) is 21.3. The van der Waals surface area contributed by atoms with Crippen molar-refractivity contribution in [3.8, 4) is 0 Å². The summed E-state index contributed by atoms with van der Waals surface area (Å²) in [6.45, 7) is 4.75. The average Bonchev–Trinajstić information content (AvgIpc) is 2.97. The molecule has 4 nitrogen and oxygen atoms in total. The number of halogens is 1. The highest BCUT2D eigenvalue weighted by Crippen LogP contribution is 2.56. The van der Waals surface area contributed by atoms with E-state index in [1.54, 1.807) is 17.6 Å². The van der Waals surface area contributed by atoms with Crippen molar-refractivity contribution in [3.63, 3.8) is 0 Å². The van der Waals surface area contributed by atoms with Gasteiger partial charge >= 0.3 is 0 Å². The van der Waals surface area contributed by atoms with Crippen LogP contribution < -0.4 is 5.32 Å². The van der Waals surface area contributed by atoms with Crippen molar-refractivity contribution < 1.29 is 9.21 Å². The standard InChI is InChI=1S/C18H22N2O2S.ClH/c1-13-2-8-22-16(13)17(21)20(11-14-3-9-23-12-14)15-10-18(15)4-6-19-7-5-18;/h2-3,8-9,12,15,19H,4-7,10-11H2,1H3;1H. The maximum absolute atomic E-state index is 13.1. The first-order valence-electron chi connectivity index (χ1n) is 8.26. The first kappa shape index (κ1) is 17.5. The minimum Gasteiger partial charge on any atom is -0.459 e. The lowest BCUT2D eigenvalue weighted by Crippen LogP contribution is -2.39. The number of carbonyl (C=O) groups is 1. The number of hydrogen-bond donors (Lipinski definition) is 1. The lowest BCUT2D eigenvalue weighted by Gasteiger charge is -2.29. The second kappa shape index (κ2) is 6.90. The van der Waals surface area contributed by atoms with Crippen LogP contribution in [0, 0.1) is 12.3 Å². The molecule has 6 heteroatoms. The summed E-state index contributed by atoms with van der Waals surface area (Å²) in [6.07, 6.45) is 5.08. The van der Waals surface area contributed by atoms with Gasteiger partial charge in [-0.25, -0.2) is 0 Å². The molecule has 0 aromatic carbocycles. The van der Waals surface area contributed by atoms with Crippen molar-refractivity contribution in [1.29, 1.82) is 0 Å². The second-order valence-corrected chi connectivity index (χ2v) is 7.61. The van der Waals surface area contributed by atoms with E-state index in [-0.39, 0.29) is 18.3 Å². The first-order chi connectivity index (χ1) is 11.2. The van der Waals surface area contributed by atoms with Crippen LogP contribution in [-0.4, -0.2) is 29.9 Å². The largest absolute Gasteiger partial charge is 0.459 e. The lowest BCUT2D eigenvalue weighted by molar-refractivity contribution is 0.0659. The fourth-order valence-corrected chi connectivity index (χ4v) is 4.51. The van der Waals surface area contributed by atoms with Gasteiger partial charge in [-0.3, -0.25) is 4.79 Å². The number of carbonyl (C=O) groups excluding carboxylic acids is 1. The van der Waals surface area contributed by atoms with E-state index in [0.29, 0.717) is 23.8 Å². The zero-order chi connectivity index (χ0) is 15.9. The molecule has 1 aliphatic heterocycles. The quantitative estimate of drug-likeness (QED) is 0.893. The number of nitrogens with one attached hydrogen (secondary N) is 1. The summed E-state index contributed by atoms with van der Waals surface area (Å²) < 4.78 is 5.48. The topological polar surface area (TPSA) is 45.5 Å². The summed E-state index contributed by atoms with van der Waals surface area (Å²) in [5.74, 6) is 0.537. The zero-order valence-electron chi connectivity index (χ0n) is 13.8. The van der Waals surface area contributed by atoms with Crippen LogP contribution >= 0.6 is 23.7 Å². The molecule has 1 aliphatic carbocycles. The highest BCUT2D eigenvalue weighted by atomic mass is 35.5. The molecule has 2 aromatic rings. The minimum atomic E-state index is 0. The van der Waals surface area contributed by atoms with Gasteiger partial charge in [0.15, 0.2) is 5.76 Å². The Morgan fingerprint density at radius 3 is 2.83 bits per heavy atom. The highest BCUT2D eigenvalue weighted by molar-refractivity contribution is 7.07. The van der Waals surface area contributed by atoms with Crippen molar-refractivity contribution in [3.05, 3.63) is 46.0 Å². The molecular weight excluding hydrogens is 344 g/mol. The summed E-state index contributed by atoms with van der Waals surface area (Å²) in [6, 6.07) is 4.32. The summed E-state index contributed by atoms with van der Waals surface area (Å²) in [5, 5.41) is 7.64. The molecule has 1 atom stereocenters. The molecule has 3 heterocycles. The van der Waals surface area contributed by atoms with Crippen LogP contribution in [0.15, 0.2) is 33.6 Å². The summed E-state index contributed by atoms with van der Waals surface area (Å²) >= 11 is 1.68. The average molecular weight is 367 g/mol. The van der Waals surface area contributed by atoms with E-state index in [9.17, 15) is 4.79 Å². The van der Waals surface area contributed by atoms with Crippen molar-refractivity contribution in [2.75, 3.05) is 13.1 Å². The zero-order valence-corrected chi connectivity index (χ0v) is 15.4. The Labute approximate surface area is 152 Å². The van der Waals surface area contributed by atoms with Crippen LogP contribution in [0.5, 0.6) is 0 Å². The third-order valence-electron chi connectivity index (χ3n) is 5.37. The molecular formula is C18H23ClN2O2S. The van der Waals surface area contributed by atoms with E-state index >= 15 is 0 Å². The Kier molecular flexibility index (Phi) is 5.04. The van der Waals surface area contributed by atoms with Gasteiger partial charge in [0.25, 0.3) is 5.91 Å². The number of nitrogens with zero attached hydrogens (tertiary/aromatic N) is 1. The van der Waals surface area contributed by atoms with E-state index in [0.717, 1.165) is 25.1 Å². The van der Waals surface area contributed by atoms with Gasteiger partial charge in [-0.05, 0) is 73.1 Å². The van der Waals surface area contributed by atoms with Crippen molar-refractivity contribution in [2.24, 2.45) is 5.41 Å². The molecule has 1 spiro atoms. The Balaban J connectivity index is 0.00000169. The maximum atomic E-state index is 13.1. The molecule has 1 saturated heterocycles. The van der Waals surface area contributed by atoms with Crippen molar-refractivity contribution in [1.82, 2.24) is 10.2 Å². The van der Waals surface area contributed by atoms with Crippen LogP contribution in [0.3, 0.4) is 0 Å². The number of rotatable bonds is 4. The molecule has 2 fully saturated rings. The van der Waals surface area contributed by atoms with Crippen LogP contribution in [0.25, 0.3) is 0 Å². The molecule has 1 saturated carbocycles. The van der Waals surface area contributed by atoms with Crippen LogP contribution in [0.2, 0.25) is 0 Å². The van der Waals surface area contributed by atoms with Gasteiger partial charge in [-0.1, -0.05) is 0 Å². The van der Waals surface area contributed by atoms with Gasteiger partial charge in [0.1, 0.15) is 0 Å². The predicted octanol–water partition coefficient (Wildman–Crippen LogP) is 3.86. The Hall–Kier alpha value is -1.30. The van der Waals surface area contributed by atoms with Crippen LogP contribution in [0.4, 0.5) is 0 Å². The Bertz CT molecular complexity index is 692. The Morgan fingerprint density at radius 2 is 2.21 bits per heavy atom. The third kappa shape index (κ3) is 3.13. The van der Waals surface area contributed by atoms with Gasteiger partial charge in [-0.2, -0.15) is 11.3 Å². The van der Waals surface area contributed by atoms with Crippen molar-refractivity contribution in [2.45, 2.75) is 38.8 Å². The van der Waals surface area contributed by atoms with Crippen molar-refractivity contribution >= 4 is 29.7 Å². The molecule has 4 rings (SSSR count). The van der Waals surface area contributed by atoms with Gasteiger partial charge < -0.3 is 14.6 Å². The van der Waals surface area contributed by atoms with Gasteiger partial charge in [0.05, 0.1) is 6.26 Å². The number of thiophene rings is 1. The van der Waals surface area contributed by atoms with E-state index < -0.39 is 0 Å². The first-order valence-corrected chi connectivity index (χ1v) is 9.21. The Morgan fingerprint density at radius 1 is 1.42 bits per heavy atom. The second-order valence-electron chi connectivity index (χ2n) is 6.83. The summed E-state index contributed by atoms with van der Waals surface area (Å²) in [5.41, 5.74) is 2.46. The molecule has 24 heavy (non-hydrogen) atoms. The van der Waals surface area contributed by atoms with E-state index in [4.69, 9.17) is 4.42 Å².